The van der Waals surface area contributed by atoms with Crippen molar-refractivity contribution in [3.63, 3.8) is 0 Å². The lowest BCUT2D eigenvalue weighted by molar-refractivity contribution is -0.368. The fourth-order valence-electron chi connectivity index (χ4n) is 10.3. The molecule has 0 bridgehead atoms. The van der Waals surface area contributed by atoms with Gasteiger partial charge in [0, 0.05) is 34.8 Å². The number of ether oxygens (including phenoxy) is 12. The zero-order valence-electron chi connectivity index (χ0n) is 43.8. The van der Waals surface area contributed by atoms with E-state index in [1.807, 2.05) is 0 Å². The topological polar surface area (TPSA) is 516 Å². The van der Waals surface area contributed by atoms with Gasteiger partial charge in [0.15, 0.2) is 37.7 Å². The molecule has 6 aliphatic heterocycles. The van der Waals surface area contributed by atoms with Crippen molar-refractivity contribution in [2.24, 2.45) is 5.73 Å². The summed E-state index contributed by atoms with van der Waals surface area (Å²) in [6.07, 6.45) is -41.7. The van der Waals surface area contributed by atoms with E-state index in [4.69, 9.17) is 62.6 Å². The third-order valence-corrected chi connectivity index (χ3v) is 14.3. The van der Waals surface area contributed by atoms with E-state index in [0.717, 1.165) is 27.7 Å². The minimum Gasteiger partial charge on any atom is -0.394 e. The van der Waals surface area contributed by atoms with Gasteiger partial charge in [-0.1, -0.05) is 0 Å². The van der Waals surface area contributed by atoms with E-state index in [1.54, 1.807) is 0 Å². The van der Waals surface area contributed by atoms with E-state index in [-0.39, 0.29) is 0 Å². The Morgan fingerprint density at radius 2 is 0.772 bits per heavy atom. The fourth-order valence-corrected chi connectivity index (χ4v) is 10.3. The van der Waals surface area contributed by atoms with E-state index < -0.39 is 241 Å². The monoisotopic (exact) mass is 1150 g/mol. The van der Waals surface area contributed by atoms with Crippen LogP contribution in [0.25, 0.3) is 0 Å². The predicted molar refractivity (Wildman–Crippen MR) is 251 cm³/mol. The van der Waals surface area contributed by atoms with Crippen molar-refractivity contribution in [3.8, 4) is 0 Å². The molecule has 456 valence electrons. The van der Waals surface area contributed by atoms with Crippen molar-refractivity contribution in [2.75, 3.05) is 40.1 Å². The zero-order chi connectivity index (χ0) is 58.5. The molecule has 6 heterocycles. The molecule has 79 heavy (non-hydrogen) atoms. The molecule has 0 aromatic heterocycles. The van der Waals surface area contributed by atoms with Crippen LogP contribution >= 0.6 is 0 Å². The normalized spacial score (nSPS) is 46.7. The maximum Gasteiger partial charge on any atom is 0.217 e. The summed E-state index contributed by atoms with van der Waals surface area (Å²) in [7, 11) is 1.21. The molecule has 6 aliphatic rings. The summed E-state index contributed by atoms with van der Waals surface area (Å²) in [6.45, 7) is 1.30. The van der Waals surface area contributed by atoms with Gasteiger partial charge >= 0.3 is 0 Å². The van der Waals surface area contributed by atoms with Crippen LogP contribution in [0.3, 0.4) is 0 Å². The minimum absolute atomic E-state index is 0.627. The van der Waals surface area contributed by atoms with Gasteiger partial charge in [-0.2, -0.15) is 0 Å². The average molecular weight is 1150 g/mol. The highest BCUT2D eigenvalue weighted by atomic mass is 16.8. The maximum absolute atomic E-state index is 12.8. The Morgan fingerprint density at radius 3 is 1.15 bits per heavy atom. The van der Waals surface area contributed by atoms with Gasteiger partial charge in [0.2, 0.25) is 23.6 Å². The second kappa shape index (κ2) is 28.4. The van der Waals surface area contributed by atoms with E-state index in [9.17, 15) is 85.6 Å². The highest BCUT2D eigenvalue weighted by Gasteiger charge is 2.58. The number of methoxy groups -OCH3 is 1. The van der Waals surface area contributed by atoms with Crippen molar-refractivity contribution in [2.45, 2.75) is 219 Å². The Kier molecular flexibility index (Phi) is 23.4. The number of amides is 4. The lowest BCUT2D eigenvalue weighted by atomic mass is 9.93. The third kappa shape index (κ3) is 14.8. The van der Waals surface area contributed by atoms with E-state index in [0.29, 0.717) is 0 Å². The lowest BCUT2D eigenvalue weighted by Gasteiger charge is -2.51. The van der Waals surface area contributed by atoms with Crippen molar-refractivity contribution in [1.82, 2.24) is 21.3 Å². The van der Waals surface area contributed by atoms with Crippen LogP contribution in [-0.2, 0) is 76.0 Å². The second-order valence-electron chi connectivity index (χ2n) is 20.0. The van der Waals surface area contributed by atoms with Gasteiger partial charge in [0.25, 0.3) is 0 Å². The van der Waals surface area contributed by atoms with Crippen LogP contribution in [0, 0.1) is 0 Å². The molecule has 6 fully saturated rings. The first kappa shape index (κ1) is 65.0. The number of aliphatic hydroxyl groups is 13. The maximum atomic E-state index is 12.8. The molecule has 34 heteroatoms. The van der Waals surface area contributed by atoms with E-state index in [1.165, 1.54) is 14.0 Å². The number of nitrogens with two attached hydrogens (primary N) is 1. The third-order valence-electron chi connectivity index (χ3n) is 14.3. The van der Waals surface area contributed by atoms with Crippen LogP contribution in [0.15, 0.2) is 0 Å². The molecule has 0 spiro atoms. The van der Waals surface area contributed by atoms with Gasteiger partial charge in [-0.15, -0.1) is 0 Å². The number of rotatable bonds is 20. The quantitative estimate of drug-likeness (QED) is 0.0538. The van der Waals surface area contributed by atoms with Gasteiger partial charge in [0.1, 0.15) is 134 Å². The fraction of sp³-hybridized carbons (Fsp3) is 0.911. The first-order valence-electron chi connectivity index (χ1n) is 25.4. The summed E-state index contributed by atoms with van der Waals surface area (Å²) in [4.78, 5) is 50.3. The standard InChI is InChI=1S/C45H77N5O29/c1-12-27(59)34(66)39(68-6)45(70-12)69-11-21-38(30(62)23(40(67)71-21)47-13(2)55)79-44-26(50-16(5)58)33(65)37(20(10-54)75-44)78-43-25(49-15(4)57)32(64)36(19(9-53)74-43)77-42-24(48-14(3)56)31(63)35(18(8-52)73-42)76-41-22(46)29(61)28(60)17(7-51)72-41/h12,17-45,51-54,59-67H,7-11,46H2,1-6H3,(H,47,55)(H,48,56)(H,49,57)(H,50,58)/t12?,17?,18?,19?,20?,21?,22?,23?,24?,25?,26?,27-,28-,29-,30-,31-,32-,33-,34-,35-,36-,37-,38-,39?,40-,41+,42+,43+,44+,45-/m1/s1. The van der Waals surface area contributed by atoms with Crippen molar-refractivity contribution in [1.29, 1.82) is 0 Å². The predicted octanol–water partition coefficient (Wildman–Crippen LogP) is -11.9. The largest absolute Gasteiger partial charge is 0.394 e. The molecule has 0 aliphatic carbocycles. The van der Waals surface area contributed by atoms with Crippen LogP contribution in [0.4, 0.5) is 0 Å². The molecule has 4 amide bonds. The number of hydrogen-bond acceptors (Lipinski definition) is 30. The summed E-state index contributed by atoms with van der Waals surface area (Å²) in [6, 6.07) is -8.17. The molecular formula is C45H77N5O29. The molecule has 0 aromatic rings. The Morgan fingerprint density at radius 1 is 0.418 bits per heavy atom. The van der Waals surface area contributed by atoms with Gasteiger partial charge < -0.3 is 150 Å². The molecule has 0 radical (unpaired) electrons. The number of hydrogen-bond donors (Lipinski definition) is 18. The number of aliphatic hydroxyl groups excluding tert-OH is 13. The molecule has 19 N–H and O–H groups in total. The molecule has 30 atom stereocenters. The van der Waals surface area contributed by atoms with Gasteiger partial charge in [-0.05, 0) is 6.92 Å². The number of carbonyl (C=O) groups is 4. The van der Waals surface area contributed by atoms with Gasteiger partial charge in [-0.25, -0.2) is 0 Å². The van der Waals surface area contributed by atoms with Crippen LogP contribution in [0.2, 0.25) is 0 Å². The Balaban J connectivity index is 1.23. The van der Waals surface area contributed by atoms with Gasteiger partial charge in [-0.3, -0.25) is 19.2 Å². The molecule has 0 aromatic carbocycles. The summed E-state index contributed by atoms with van der Waals surface area (Å²) in [5.74, 6) is -3.12. The van der Waals surface area contributed by atoms with Crippen LogP contribution < -0.4 is 27.0 Å². The summed E-state index contributed by atoms with van der Waals surface area (Å²) in [5, 5.41) is 152. The smallest absolute Gasteiger partial charge is 0.217 e. The second-order valence-corrected chi connectivity index (χ2v) is 20.0. The lowest BCUT2D eigenvalue weighted by Crippen LogP contribution is -2.72. The first-order chi connectivity index (χ1) is 37.3. The van der Waals surface area contributed by atoms with Gasteiger partial charge in [0.05, 0.1) is 45.2 Å². The van der Waals surface area contributed by atoms with Crippen LogP contribution in [0.5, 0.6) is 0 Å². The Labute approximate surface area is 451 Å². The molecule has 6 saturated heterocycles. The SMILES string of the molecule is COC1[C@H](OCC2O[C@@H](O)C(NC(C)=O)[C@@H](O)[C@@H]2O[C@@H]2OC(CO)[C@@H](O[C@@H]3OC(CO)[C@@H](O[C@@H]4OC(CO)[C@@H](O[C@@H]5OC(CO)[C@@H](O)[C@H](O)C5N)[C@H](O)C4NC(C)=O)[C@H](O)C3NC(C)=O)[C@H](O)C2NC(C)=O)OC(C)[C@@H](O)[C@H]1O. The Bertz CT molecular complexity index is 1990. The summed E-state index contributed by atoms with van der Waals surface area (Å²) < 4.78 is 70.6. The highest BCUT2D eigenvalue weighted by molar-refractivity contribution is 5.74. The van der Waals surface area contributed by atoms with Crippen LogP contribution in [0.1, 0.15) is 34.6 Å². The molecule has 6 rings (SSSR count). The summed E-state index contributed by atoms with van der Waals surface area (Å²) >= 11 is 0. The molecule has 34 nitrogen and oxygen atoms in total. The Hall–Kier alpha value is -3.16. The zero-order valence-corrected chi connectivity index (χ0v) is 43.8. The highest BCUT2D eigenvalue weighted by Crippen LogP contribution is 2.36. The molecule has 12 unspecified atom stereocenters. The molecular weight excluding hydrogens is 1070 g/mol. The van der Waals surface area contributed by atoms with E-state index >= 15 is 0 Å². The first-order valence-corrected chi connectivity index (χ1v) is 25.4. The number of carbonyl (C=O) groups excluding carboxylic acids is 4. The van der Waals surface area contributed by atoms with Crippen molar-refractivity contribution < 1.29 is 142 Å². The van der Waals surface area contributed by atoms with E-state index in [2.05, 4.69) is 21.3 Å². The van der Waals surface area contributed by atoms with Crippen molar-refractivity contribution >= 4 is 23.6 Å². The molecule has 0 saturated carbocycles. The van der Waals surface area contributed by atoms with Crippen LogP contribution in [-0.4, -0.2) is 314 Å². The number of nitrogens with one attached hydrogen (secondary N) is 4. The minimum atomic E-state index is -2.02. The average Bonchev–Trinajstić information content (AvgIpc) is 3.49. The summed E-state index contributed by atoms with van der Waals surface area (Å²) in [5.41, 5.74) is 6.04. The van der Waals surface area contributed by atoms with Crippen molar-refractivity contribution in [3.05, 3.63) is 0 Å².